The van der Waals surface area contributed by atoms with Gasteiger partial charge in [-0.1, -0.05) is 13.3 Å². The molecule has 2 aromatic rings. The molecule has 0 radical (unpaired) electrons. The predicted octanol–water partition coefficient (Wildman–Crippen LogP) is 4.68. The fourth-order valence-corrected chi connectivity index (χ4v) is 5.01. The number of halogens is 1. The number of unbranched alkanes of at least 4 members (excludes halogenated alkanes) is 1. The highest BCUT2D eigenvalue weighted by Gasteiger charge is 2.26. The number of sulfone groups is 1. The van der Waals surface area contributed by atoms with Crippen molar-refractivity contribution >= 4 is 15.9 Å². The number of hydrogen-bond donors (Lipinski definition) is 0. The van der Waals surface area contributed by atoms with Gasteiger partial charge in [-0.05, 0) is 45.4 Å². The molecule has 1 aromatic heterocycles. The molecule has 1 aliphatic rings. The van der Waals surface area contributed by atoms with E-state index >= 15 is 0 Å². The van der Waals surface area contributed by atoms with Gasteiger partial charge in [-0.25, -0.2) is 27.6 Å². The van der Waals surface area contributed by atoms with Crippen molar-refractivity contribution in [2.75, 3.05) is 18.8 Å². The van der Waals surface area contributed by atoms with Crippen LogP contribution in [0.15, 0.2) is 29.4 Å². The minimum absolute atomic E-state index is 0.0350. The molecule has 1 saturated heterocycles. The normalized spacial score (nSPS) is 14.7. The number of likely N-dealkylation sites (tertiary alicyclic amines) is 1. The van der Waals surface area contributed by atoms with E-state index in [4.69, 9.17) is 14.2 Å². The number of hydrogen-bond acceptors (Lipinski definition) is 8. The molecular weight excluding hydrogens is 477 g/mol. The van der Waals surface area contributed by atoms with Gasteiger partial charge in [0.05, 0.1) is 22.3 Å². The Kier molecular flexibility index (Phi) is 8.87. The van der Waals surface area contributed by atoms with Crippen LogP contribution in [0.5, 0.6) is 17.5 Å². The molecule has 1 aromatic carbocycles. The lowest BCUT2D eigenvalue weighted by Gasteiger charge is -2.31. The van der Waals surface area contributed by atoms with Gasteiger partial charge in [0.15, 0.2) is 21.4 Å². The van der Waals surface area contributed by atoms with Gasteiger partial charge in [0.1, 0.15) is 12.4 Å². The Morgan fingerprint density at radius 3 is 2.51 bits per heavy atom. The topological polar surface area (TPSA) is 108 Å². The molecule has 0 aliphatic carbocycles. The number of piperidine rings is 1. The van der Waals surface area contributed by atoms with Crippen LogP contribution in [-0.4, -0.2) is 60.4 Å². The summed E-state index contributed by atoms with van der Waals surface area (Å²) in [6, 6.07) is 3.57. The standard InChI is InChI=1S/C24H32FN3O6S/c1-5-6-13-35(30,31)19-7-8-21(20(25)14-19)34-23-17(4)22(26-15-27-23)33-18-9-11-28(12-10-18)24(29)32-16(2)3/h7-8,14-16,18H,5-6,9-13H2,1-4H3. The maximum Gasteiger partial charge on any atom is 0.410 e. The molecule has 1 aliphatic heterocycles. The summed E-state index contributed by atoms with van der Waals surface area (Å²) in [4.78, 5) is 21.9. The second-order valence-corrected chi connectivity index (χ2v) is 10.8. The summed E-state index contributed by atoms with van der Waals surface area (Å²) >= 11 is 0. The van der Waals surface area contributed by atoms with Gasteiger partial charge in [-0.3, -0.25) is 0 Å². The largest absolute Gasteiger partial charge is 0.474 e. The Balaban J connectivity index is 1.65. The second kappa shape index (κ2) is 11.7. The highest BCUT2D eigenvalue weighted by Crippen LogP contribution is 2.31. The van der Waals surface area contributed by atoms with Crippen molar-refractivity contribution in [1.29, 1.82) is 0 Å². The van der Waals surface area contributed by atoms with E-state index in [1.54, 1.807) is 25.7 Å². The SMILES string of the molecule is CCCCS(=O)(=O)c1ccc(Oc2ncnc(OC3CCN(C(=O)OC(C)C)CC3)c2C)c(F)c1. The fraction of sp³-hybridized carbons (Fsp3) is 0.542. The molecule has 192 valence electrons. The number of rotatable bonds is 9. The molecule has 0 bridgehead atoms. The highest BCUT2D eigenvalue weighted by molar-refractivity contribution is 7.91. The molecule has 0 atom stereocenters. The van der Waals surface area contributed by atoms with Gasteiger partial charge in [0.2, 0.25) is 11.8 Å². The van der Waals surface area contributed by atoms with Crippen LogP contribution < -0.4 is 9.47 Å². The summed E-state index contributed by atoms with van der Waals surface area (Å²) in [7, 11) is -3.55. The Bertz CT molecular complexity index is 1130. The van der Waals surface area contributed by atoms with Gasteiger partial charge in [-0.15, -0.1) is 0 Å². The zero-order chi connectivity index (χ0) is 25.6. The summed E-state index contributed by atoms with van der Waals surface area (Å²) < 4.78 is 56.2. The Morgan fingerprint density at radius 1 is 1.20 bits per heavy atom. The fourth-order valence-electron chi connectivity index (χ4n) is 3.54. The Morgan fingerprint density at radius 2 is 1.89 bits per heavy atom. The van der Waals surface area contributed by atoms with Gasteiger partial charge in [0.25, 0.3) is 0 Å². The lowest BCUT2D eigenvalue weighted by molar-refractivity contribution is 0.0505. The summed E-state index contributed by atoms with van der Waals surface area (Å²) in [6.07, 6.45) is 3.03. The summed E-state index contributed by atoms with van der Waals surface area (Å²) in [5.74, 6) is -0.578. The van der Waals surface area contributed by atoms with Crippen molar-refractivity contribution in [1.82, 2.24) is 14.9 Å². The minimum Gasteiger partial charge on any atom is -0.474 e. The van der Waals surface area contributed by atoms with Gasteiger partial charge < -0.3 is 19.1 Å². The van der Waals surface area contributed by atoms with E-state index in [-0.39, 0.29) is 40.6 Å². The number of carbonyl (C=O) groups excluding carboxylic acids is 1. The molecular formula is C24H32FN3O6S. The lowest BCUT2D eigenvalue weighted by Crippen LogP contribution is -2.42. The average Bonchev–Trinajstić information content (AvgIpc) is 2.81. The molecule has 0 saturated carbocycles. The van der Waals surface area contributed by atoms with E-state index < -0.39 is 15.7 Å². The average molecular weight is 510 g/mol. The van der Waals surface area contributed by atoms with Crippen LogP contribution in [0.1, 0.15) is 52.0 Å². The van der Waals surface area contributed by atoms with Gasteiger partial charge >= 0.3 is 6.09 Å². The number of carbonyl (C=O) groups is 1. The summed E-state index contributed by atoms with van der Waals surface area (Å²) in [5, 5.41) is 0. The van der Waals surface area contributed by atoms with E-state index in [0.29, 0.717) is 43.8 Å². The van der Waals surface area contributed by atoms with Crippen LogP contribution in [0.4, 0.5) is 9.18 Å². The molecule has 0 unspecified atom stereocenters. The Hall–Kier alpha value is -2.95. The first-order chi connectivity index (χ1) is 16.6. The lowest BCUT2D eigenvalue weighted by atomic mass is 10.1. The van der Waals surface area contributed by atoms with Crippen molar-refractivity contribution < 1.29 is 31.8 Å². The molecule has 2 heterocycles. The molecule has 3 rings (SSSR count). The molecule has 1 fully saturated rings. The molecule has 0 spiro atoms. The minimum atomic E-state index is -3.55. The van der Waals surface area contributed by atoms with E-state index in [0.717, 1.165) is 12.5 Å². The van der Waals surface area contributed by atoms with Crippen molar-refractivity contribution in [3.05, 3.63) is 35.9 Å². The first-order valence-corrected chi connectivity index (χ1v) is 13.4. The third-order valence-electron chi connectivity index (χ3n) is 5.54. The second-order valence-electron chi connectivity index (χ2n) is 8.71. The molecule has 1 amide bonds. The highest BCUT2D eigenvalue weighted by atomic mass is 32.2. The van der Waals surface area contributed by atoms with Gasteiger partial charge in [0, 0.05) is 25.9 Å². The van der Waals surface area contributed by atoms with Crippen molar-refractivity contribution in [2.24, 2.45) is 0 Å². The third-order valence-corrected chi connectivity index (χ3v) is 7.34. The van der Waals surface area contributed by atoms with Gasteiger partial charge in [-0.2, -0.15) is 0 Å². The smallest absolute Gasteiger partial charge is 0.410 e. The first-order valence-electron chi connectivity index (χ1n) is 11.7. The van der Waals surface area contributed by atoms with Crippen LogP contribution in [-0.2, 0) is 14.6 Å². The quantitative estimate of drug-likeness (QED) is 0.480. The molecule has 35 heavy (non-hydrogen) atoms. The van der Waals surface area contributed by atoms with Crippen LogP contribution in [0, 0.1) is 12.7 Å². The van der Waals surface area contributed by atoms with Crippen LogP contribution in [0.3, 0.4) is 0 Å². The van der Waals surface area contributed by atoms with E-state index in [1.807, 2.05) is 6.92 Å². The zero-order valence-corrected chi connectivity index (χ0v) is 21.3. The maximum atomic E-state index is 14.7. The van der Waals surface area contributed by atoms with Crippen LogP contribution in [0.25, 0.3) is 0 Å². The van der Waals surface area contributed by atoms with Crippen molar-refractivity contribution in [3.8, 4) is 17.5 Å². The number of ether oxygens (including phenoxy) is 3. The van der Waals surface area contributed by atoms with E-state index in [1.165, 1.54) is 18.5 Å². The molecule has 9 nitrogen and oxygen atoms in total. The number of benzene rings is 1. The third kappa shape index (κ3) is 7.03. The van der Waals surface area contributed by atoms with Crippen molar-refractivity contribution in [2.45, 2.75) is 70.5 Å². The maximum absolute atomic E-state index is 14.7. The van der Waals surface area contributed by atoms with Crippen LogP contribution in [0.2, 0.25) is 0 Å². The summed E-state index contributed by atoms with van der Waals surface area (Å²) in [6.45, 7) is 8.20. The van der Waals surface area contributed by atoms with E-state index in [2.05, 4.69) is 9.97 Å². The van der Waals surface area contributed by atoms with Crippen molar-refractivity contribution in [3.63, 3.8) is 0 Å². The molecule has 0 N–H and O–H groups in total. The number of amides is 1. The molecule has 11 heteroatoms. The predicted molar refractivity (Wildman–Crippen MR) is 127 cm³/mol. The van der Waals surface area contributed by atoms with Crippen LogP contribution >= 0.6 is 0 Å². The van der Waals surface area contributed by atoms with E-state index in [9.17, 15) is 17.6 Å². The monoisotopic (exact) mass is 509 g/mol. The first kappa shape index (κ1) is 26.7. The number of aromatic nitrogens is 2. The zero-order valence-electron chi connectivity index (χ0n) is 20.5. The Labute approximate surface area is 205 Å². The summed E-state index contributed by atoms with van der Waals surface area (Å²) in [5.41, 5.74) is 0.480. The number of nitrogens with zero attached hydrogens (tertiary/aromatic N) is 3.